The molecule has 0 bridgehead atoms. The van der Waals surface area contributed by atoms with Crippen molar-refractivity contribution >= 4 is 72.3 Å². The number of hydrogen-bond donors (Lipinski definition) is 1. The monoisotopic (exact) mass is 479 g/mol. The van der Waals surface area contributed by atoms with Crippen LogP contribution < -0.4 is 5.32 Å². The molecule has 0 unspecified atom stereocenters. The summed E-state index contributed by atoms with van der Waals surface area (Å²) >= 11 is 12.5. The fourth-order valence-electron chi connectivity index (χ4n) is 2.39. The summed E-state index contributed by atoms with van der Waals surface area (Å²) in [6.07, 6.45) is 0. The molecule has 9 heteroatoms. The number of thiophene rings is 1. The van der Waals surface area contributed by atoms with Crippen molar-refractivity contribution in [2.24, 2.45) is 0 Å². The maximum atomic E-state index is 12.1. The highest BCUT2D eigenvalue weighted by Crippen LogP contribution is 2.41. The van der Waals surface area contributed by atoms with Crippen LogP contribution in [0.4, 0.5) is 5.69 Å². The molecule has 1 amide bonds. The molecule has 136 valence electrons. The molecule has 0 spiro atoms. The van der Waals surface area contributed by atoms with Crippen LogP contribution in [0.25, 0.3) is 20.9 Å². The fraction of sp³-hybridized carbons (Fsp3) is 0.0556. The molecule has 0 radical (unpaired) electrons. The molecule has 27 heavy (non-hydrogen) atoms. The summed E-state index contributed by atoms with van der Waals surface area (Å²) in [5.74, 6) is 0.352. The second-order valence-electron chi connectivity index (χ2n) is 5.43. The number of carbonyl (C=O) groups is 1. The molecule has 0 aliphatic rings. The van der Waals surface area contributed by atoms with E-state index in [1.165, 1.54) is 23.1 Å². The quantitative estimate of drug-likeness (QED) is 0.350. The number of thioether (sulfide) groups is 1. The third-order valence-corrected chi connectivity index (χ3v) is 6.78. The summed E-state index contributed by atoms with van der Waals surface area (Å²) in [4.78, 5) is 12.9. The van der Waals surface area contributed by atoms with E-state index >= 15 is 0 Å². The molecule has 2 aromatic heterocycles. The number of carbonyl (C=O) groups excluding carboxylic acids is 1. The number of rotatable bonds is 5. The molecule has 2 aromatic carbocycles. The SMILES string of the molecule is O=C(CSc1nnc(-c2sc3ccccc3c2Cl)o1)Nc1ccccc1Br. The van der Waals surface area contributed by atoms with Gasteiger partial charge in [-0.2, -0.15) is 0 Å². The molecule has 2 heterocycles. The first-order valence-corrected chi connectivity index (χ1v) is 10.8. The Balaban J connectivity index is 1.44. The van der Waals surface area contributed by atoms with Crippen molar-refractivity contribution in [2.45, 2.75) is 5.22 Å². The Labute approximate surface area is 176 Å². The lowest BCUT2D eigenvalue weighted by molar-refractivity contribution is -0.113. The zero-order chi connectivity index (χ0) is 18.8. The number of anilines is 1. The first kappa shape index (κ1) is 18.5. The Morgan fingerprint density at radius 1 is 1.19 bits per heavy atom. The Morgan fingerprint density at radius 2 is 1.96 bits per heavy atom. The van der Waals surface area contributed by atoms with Crippen LogP contribution in [0.1, 0.15) is 0 Å². The molecule has 0 atom stereocenters. The van der Waals surface area contributed by atoms with Crippen LogP contribution in [-0.2, 0) is 4.79 Å². The number of halogens is 2. The smallest absolute Gasteiger partial charge is 0.277 e. The van der Waals surface area contributed by atoms with Gasteiger partial charge >= 0.3 is 0 Å². The van der Waals surface area contributed by atoms with Crippen molar-refractivity contribution in [2.75, 3.05) is 11.1 Å². The predicted octanol–water partition coefficient (Wildman–Crippen LogP) is 6.10. The number of fused-ring (bicyclic) bond motifs is 1. The van der Waals surface area contributed by atoms with Gasteiger partial charge in [0.2, 0.25) is 5.91 Å². The lowest BCUT2D eigenvalue weighted by Gasteiger charge is -2.05. The molecular formula is C18H11BrClN3O2S2. The van der Waals surface area contributed by atoms with Gasteiger partial charge in [0.05, 0.1) is 16.5 Å². The lowest BCUT2D eigenvalue weighted by Crippen LogP contribution is -2.14. The maximum absolute atomic E-state index is 12.1. The van der Waals surface area contributed by atoms with E-state index in [4.69, 9.17) is 16.0 Å². The second-order valence-corrected chi connectivity index (χ2v) is 8.64. The molecular weight excluding hydrogens is 470 g/mol. The molecule has 1 N–H and O–H groups in total. The third-order valence-electron chi connectivity index (χ3n) is 3.61. The minimum Gasteiger partial charge on any atom is -0.410 e. The number of hydrogen-bond acceptors (Lipinski definition) is 6. The van der Waals surface area contributed by atoms with Gasteiger partial charge in [0, 0.05) is 14.6 Å². The molecule has 5 nitrogen and oxygen atoms in total. The van der Waals surface area contributed by atoms with Crippen LogP contribution in [0, 0.1) is 0 Å². The van der Waals surface area contributed by atoms with Crippen molar-refractivity contribution in [3.05, 3.63) is 58.0 Å². The van der Waals surface area contributed by atoms with Gasteiger partial charge in [-0.05, 0) is 34.1 Å². The summed E-state index contributed by atoms with van der Waals surface area (Å²) in [5.41, 5.74) is 0.714. The minimum absolute atomic E-state index is 0.156. The molecule has 0 aliphatic carbocycles. The maximum Gasteiger partial charge on any atom is 0.277 e. The first-order chi connectivity index (χ1) is 13.1. The Hall–Kier alpha value is -1.87. The lowest BCUT2D eigenvalue weighted by atomic mass is 10.2. The number of nitrogens with one attached hydrogen (secondary N) is 1. The molecule has 0 aliphatic heterocycles. The number of benzene rings is 2. The van der Waals surface area contributed by atoms with Gasteiger partial charge in [-0.1, -0.05) is 53.7 Å². The van der Waals surface area contributed by atoms with E-state index in [-0.39, 0.29) is 11.7 Å². The number of para-hydroxylation sites is 1. The van der Waals surface area contributed by atoms with E-state index in [0.29, 0.717) is 21.8 Å². The largest absolute Gasteiger partial charge is 0.410 e. The van der Waals surface area contributed by atoms with E-state index in [9.17, 15) is 4.79 Å². The highest BCUT2D eigenvalue weighted by atomic mass is 79.9. The second kappa shape index (κ2) is 8.02. The van der Waals surface area contributed by atoms with Gasteiger partial charge < -0.3 is 9.73 Å². The van der Waals surface area contributed by atoms with E-state index in [1.54, 1.807) is 0 Å². The van der Waals surface area contributed by atoms with Gasteiger partial charge in [0.1, 0.15) is 4.88 Å². The van der Waals surface area contributed by atoms with Crippen LogP contribution >= 0.6 is 50.6 Å². The van der Waals surface area contributed by atoms with Crippen LogP contribution in [0.2, 0.25) is 5.02 Å². The van der Waals surface area contributed by atoms with E-state index < -0.39 is 0 Å². The first-order valence-electron chi connectivity index (χ1n) is 7.80. The number of nitrogens with zero attached hydrogens (tertiary/aromatic N) is 2. The summed E-state index contributed by atoms with van der Waals surface area (Å²) in [5, 5.41) is 12.8. The summed E-state index contributed by atoms with van der Waals surface area (Å²) in [7, 11) is 0. The van der Waals surface area contributed by atoms with E-state index in [2.05, 4.69) is 31.4 Å². The van der Waals surface area contributed by atoms with Gasteiger partial charge in [0.15, 0.2) is 0 Å². The van der Waals surface area contributed by atoms with Crippen LogP contribution in [0.15, 0.2) is 62.6 Å². The summed E-state index contributed by atoms with van der Waals surface area (Å²) < 4.78 is 7.56. The van der Waals surface area contributed by atoms with Crippen molar-refractivity contribution in [3.63, 3.8) is 0 Å². The molecule has 0 saturated heterocycles. The number of aromatic nitrogens is 2. The Morgan fingerprint density at radius 3 is 2.78 bits per heavy atom. The van der Waals surface area contributed by atoms with Gasteiger partial charge in [0.25, 0.3) is 11.1 Å². The predicted molar refractivity (Wildman–Crippen MR) is 114 cm³/mol. The summed E-state index contributed by atoms with van der Waals surface area (Å²) in [6.45, 7) is 0. The number of amides is 1. The van der Waals surface area contributed by atoms with E-state index in [0.717, 1.165) is 19.4 Å². The topological polar surface area (TPSA) is 68.0 Å². The summed E-state index contributed by atoms with van der Waals surface area (Å²) in [6, 6.07) is 15.3. The van der Waals surface area contributed by atoms with Crippen LogP contribution in [0.3, 0.4) is 0 Å². The fourth-order valence-corrected chi connectivity index (χ4v) is 4.77. The van der Waals surface area contributed by atoms with Crippen molar-refractivity contribution in [1.29, 1.82) is 0 Å². The Kier molecular flexibility index (Phi) is 5.49. The highest BCUT2D eigenvalue weighted by Gasteiger charge is 2.18. The average Bonchev–Trinajstić information content (AvgIpc) is 3.27. The van der Waals surface area contributed by atoms with Crippen LogP contribution in [0.5, 0.6) is 0 Å². The zero-order valence-electron chi connectivity index (χ0n) is 13.6. The highest BCUT2D eigenvalue weighted by molar-refractivity contribution is 9.10. The van der Waals surface area contributed by atoms with Gasteiger partial charge in [-0.3, -0.25) is 4.79 Å². The van der Waals surface area contributed by atoms with Gasteiger partial charge in [-0.25, -0.2) is 0 Å². The molecule has 0 fully saturated rings. The normalized spacial score (nSPS) is 11.0. The molecule has 4 aromatic rings. The van der Waals surface area contributed by atoms with Crippen molar-refractivity contribution < 1.29 is 9.21 Å². The van der Waals surface area contributed by atoms with Gasteiger partial charge in [-0.15, -0.1) is 21.5 Å². The van der Waals surface area contributed by atoms with Crippen molar-refractivity contribution in [3.8, 4) is 10.8 Å². The van der Waals surface area contributed by atoms with Crippen LogP contribution in [-0.4, -0.2) is 21.9 Å². The Bertz CT molecular complexity index is 1130. The minimum atomic E-state index is -0.161. The van der Waals surface area contributed by atoms with Crippen molar-refractivity contribution in [1.82, 2.24) is 10.2 Å². The zero-order valence-corrected chi connectivity index (χ0v) is 17.6. The van der Waals surface area contributed by atoms with E-state index in [1.807, 2.05) is 48.5 Å². The molecule has 0 saturated carbocycles. The third kappa shape index (κ3) is 4.03. The molecule has 4 rings (SSSR count). The average molecular weight is 481 g/mol. The standard InChI is InChI=1S/C18H11BrClN3O2S2/c19-11-6-2-3-7-12(11)21-14(24)9-26-18-23-22-17(25-18)16-15(20)10-5-1-4-8-13(10)27-16/h1-8H,9H2,(H,21,24).